The molecule has 2 aromatic carbocycles. The largest absolute Gasteiger partial charge is 0.332 e. The smallest absolute Gasteiger partial charge is 0.201 e. The van der Waals surface area contributed by atoms with Crippen molar-refractivity contribution in [3.63, 3.8) is 0 Å². The van der Waals surface area contributed by atoms with Gasteiger partial charge in [0.15, 0.2) is 5.82 Å². The molecular formula is C21H19IN2O. The lowest BCUT2D eigenvalue weighted by Gasteiger charge is -2.45. The fraction of sp³-hybridized carbons (Fsp3) is 0.238. The average molecular weight is 442 g/mol. The van der Waals surface area contributed by atoms with Crippen molar-refractivity contribution in [3.8, 4) is 0 Å². The molecule has 126 valence electrons. The van der Waals surface area contributed by atoms with Crippen molar-refractivity contribution in [3.05, 3.63) is 87.5 Å². The molecule has 0 unspecified atom stereocenters. The summed E-state index contributed by atoms with van der Waals surface area (Å²) in [5.41, 5.74) is 2.59. The number of imidazole rings is 1. The van der Waals surface area contributed by atoms with E-state index < -0.39 is 0 Å². The molecule has 1 aliphatic rings. The van der Waals surface area contributed by atoms with Crippen LogP contribution in [-0.4, -0.2) is 15.3 Å². The van der Waals surface area contributed by atoms with Gasteiger partial charge in [0.05, 0.1) is 0 Å². The first-order valence-corrected chi connectivity index (χ1v) is 9.55. The second-order valence-corrected chi connectivity index (χ2v) is 7.79. The van der Waals surface area contributed by atoms with Crippen LogP contribution in [0.2, 0.25) is 0 Å². The summed E-state index contributed by atoms with van der Waals surface area (Å²) in [6.45, 7) is 0. The molecule has 0 aliphatic heterocycles. The molecule has 25 heavy (non-hydrogen) atoms. The van der Waals surface area contributed by atoms with E-state index in [2.05, 4.69) is 76.1 Å². The minimum atomic E-state index is -0.0118. The van der Waals surface area contributed by atoms with Crippen molar-refractivity contribution in [2.75, 3.05) is 0 Å². The Morgan fingerprint density at radius 1 is 1.12 bits per heavy atom. The molecule has 1 heterocycles. The Kier molecular flexibility index (Phi) is 4.46. The van der Waals surface area contributed by atoms with Crippen LogP contribution in [-0.2, 0) is 7.05 Å². The van der Waals surface area contributed by atoms with Gasteiger partial charge in [0, 0.05) is 34.8 Å². The van der Waals surface area contributed by atoms with E-state index in [1.54, 1.807) is 6.20 Å². The second kappa shape index (κ2) is 6.75. The molecule has 0 bridgehead atoms. The van der Waals surface area contributed by atoms with E-state index in [0.717, 1.165) is 6.42 Å². The number of carbonyl (C=O) groups excluding carboxylic acids is 1. The maximum atomic E-state index is 13.1. The van der Waals surface area contributed by atoms with Crippen molar-refractivity contribution in [1.82, 2.24) is 9.55 Å². The molecule has 0 amide bonds. The highest BCUT2D eigenvalue weighted by Crippen LogP contribution is 2.55. The third-order valence-corrected chi connectivity index (χ3v) is 6.23. The van der Waals surface area contributed by atoms with Gasteiger partial charge in [0.25, 0.3) is 0 Å². The van der Waals surface area contributed by atoms with Gasteiger partial charge in [-0.05, 0) is 52.1 Å². The number of hydrogen-bond acceptors (Lipinski definition) is 2. The summed E-state index contributed by atoms with van der Waals surface area (Å²) >= 11 is 2.38. The molecule has 0 saturated heterocycles. The van der Waals surface area contributed by atoms with Crippen LogP contribution in [0.4, 0.5) is 0 Å². The van der Waals surface area contributed by atoms with Crippen LogP contribution in [0.1, 0.15) is 40.0 Å². The van der Waals surface area contributed by atoms with Crippen LogP contribution in [0.3, 0.4) is 0 Å². The van der Waals surface area contributed by atoms with Gasteiger partial charge in [-0.2, -0.15) is 0 Å². The molecule has 3 nitrogen and oxygen atoms in total. The zero-order valence-electron chi connectivity index (χ0n) is 14.0. The molecular weight excluding hydrogens is 423 g/mol. The summed E-state index contributed by atoms with van der Waals surface area (Å²) in [5, 5.41) is 0. The lowest BCUT2D eigenvalue weighted by molar-refractivity contribution is 0.0765. The summed E-state index contributed by atoms with van der Waals surface area (Å²) in [4.78, 5) is 17.4. The van der Waals surface area contributed by atoms with Crippen LogP contribution in [0, 0.1) is 9.49 Å². The Morgan fingerprint density at radius 2 is 1.84 bits per heavy atom. The lowest BCUT2D eigenvalue weighted by atomic mass is 9.58. The van der Waals surface area contributed by atoms with Crippen molar-refractivity contribution < 1.29 is 4.79 Å². The van der Waals surface area contributed by atoms with E-state index in [4.69, 9.17) is 0 Å². The number of hydrogen-bond donors (Lipinski definition) is 0. The highest BCUT2D eigenvalue weighted by atomic mass is 127. The van der Waals surface area contributed by atoms with Crippen molar-refractivity contribution in [1.29, 1.82) is 0 Å². The van der Waals surface area contributed by atoms with Crippen LogP contribution in [0.15, 0.2) is 67.0 Å². The minimum absolute atomic E-state index is 0.0118. The summed E-state index contributed by atoms with van der Waals surface area (Å²) in [6.07, 6.45) is 4.41. The van der Waals surface area contributed by atoms with Crippen molar-refractivity contribution >= 4 is 28.4 Å². The summed E-state index contributed by atoms with van der Waals surface area (Å²) < 4.78 is 3.05. The zero-order valence-corrected chi connectivity index (χ0v) is 16.1. The third-order valence-electron chi connectivity index (χ3n) is 5.25. The van der Waals surface area contributed by atoms with Gasteiger partial charge < -0.3 is 4.57 Å². The molecule has 4 rings (SSSR count). The molecule has 1 saturated carbocycles. The van der Waals surface area contributed by atoms with Crippen LogP contribution < -0.4 is 0 Å². The Bertz CT molecular complexity index is 903. The predicted octanol–water partition coefficient (Wildman–Crippen LogP) is 4.79. The third kappa shape index (κ3) is 2.92. The SMILES string of the molecule is Cn1ccnc1C(=O)[C@@H]1C[C@@H](c2ccccc2)[C@H]1c1ccccc1I. The molecule has 3 atom stereocenters. The number of ketones is 1. The number of aryl methyl sites for hydroxylation is 1. The van der Waals surface area contributed by atoms with E-state index >= 15 is 0 Å². The van der Waals surface area contributed by atoms with E-state index in [-0.39, 0.29) is 17.6 Å². The Hall–Kier alpha value is -1.95. The lowest BCUT2D eigenvalue weighted by Crippen LogP contribution is -2.39. The van der Waals surface area contributed by atoms with Gasteiger partial charge in [-0.3, -0.25) is 4.79 Å². The normalized spacial score (nSPS) is 22.4. The van der Waals surface area contributed by atoms with Crippen LogP contribution >= 0.6 is 22.6 Å². The second-order valence-electron chi connectivity index (χ2n) is 6.63. The first-order valence-electron chi connectivity index (χ1n) is 8.47. The fourth-order valence-corrected chi connectivity index (χ4v) is 4.66. The molecule has 3 aromatic rings. The zero-order chi connectivity index (χ0) is 17.4. The van der Waals surface area contributed by atoms with Gasteiger partial charge >= 0.3 is 0 Å². The highest BCUT2D eigenvalue weighted by Gasteiger charge is 2.48. The molecule has 0 spiro atoms. The van der Waals surface area contributed by atoms with E-state index in [1.165, 1.54) is 14.7 Å². The first kappa shape index (κ1) is 16.5. The van der Waals surface area contributed by atoms with Gasteiger partial charge in [-0.1, -0.05) is 48.5 Å². The Morgan fingerprint density at radius 3 is 2.52 bits per heavy atom. The van der Waals surface area contributed by atoms with E-state index in [1.807, 2.05) is 23.9 Å². The summed E-state index contributed by atoms with van der Waals surface area (Å²) in [7, 11) is 1.88. The average Bonchev–Trinajstić information content (AvgIpc) is 3.03. The number of Topliss-reactive ketones (excluding diaryl/α,β-unsaturated/α-hetero) is 1. The van der Waals surface area contributed by atoms with Crippen molar-refractivity contribution in [2.24, 2.45) is 13.0 Å². The number of rotatable bonds is 4. The quantitative estimate of drug-likeness (QED) is 0.430. The number of aromatic nitrogens is 2. The number of halogens is 1. The van der Waals surface area contributed by atoms with Gasteiger partial charge in [0.2, 0.25) is 5.78 Å². The Balaban J connectivity index is 1.72. The summed E-state index contributed by atoms with van der Waals surface area (Å²) in [5.74, 6) is 1.30. The minimum Gasteiger partial charge on any atom is -0.332 e. The maximum absolute atomic E-state index is 13.1. The number of carbonyl (C=O) groups is 1. The first-order chi connectivity index (χ1) is 12.2. The number of benzene rings is 2. The fourth-order valence-electron chi connectivity index (χ4n) is 3.91. The molecule has 4 heteroatoms. The van der Waals surface area contributed by atoms with Gasteiger partial charge in [-0.25, -0.2) is 4.98 Å². The predicted molar refractivity (Wildman–Crippen MR) is 107 cm³/mol. The molecule has 1 aromatic heterocycles. The topological polar surface area (TPSA) is 34.9 Å². The highest BCUT2D eigenvalue weighted by molar-refractivity contribution is 14.1. The molecule has 0 N–H and O–H groups in total. The van der Waals surface area contributed by atoms with Gasteiger partial charge in [-0.15, -0.1) is 0 Å². The maximum Gasteiger partial charge on any atom is 0.201 e. The number of nitrogens with zero attached hydrogens (tertiary/aromatic N) is 2. The van der Waals surface area contributed by atoms with E-state index in [0.29, 0.717) is 11.7 Å². The monoisotopic (exact) mass is 442 g/mol. The standard InChI is InChI=1S/C21H19IN2O/c1-24-12-11-23-21(24)20(25)17-13-16(14-7-3-2-4-8-14)19(17)15-9-5-6-10-18(15)22/h2-12,16-17,19H,13H2,1H3/t16-,17+,19+/m0/s1. The molecule has 0 radical (unpaired) electrons. The molecule has 1 fully saturated rings. The van der Waals surface area contributed by atoms with Crippen LogP contribution in [0.25, 0.3) is 0 Å². The molecule has 1 aliphatic carbocycles. The Labute approximate surface area is 161 Å². The summed E-state index contributed by atoms with van der Waals surface area (Å²) in [6, 6.07) is 19.0. The van der Waals surface area contributed by atoms with Crippen molar-refractivity contribution in [2.45, 2.75) is 18.3 Å². The van der Waals surface area contributed by atoms with Crippen LogP contribution in [0.5, 0.6) is 0 Å². The van der Waals surface area contributed by atoms with E-state index in [9.17, 15) is 4.79 Å². The van der Waals surface area contributed by atoms with Gasteiger partial charge in [0.1, 0.15) is 0 Å².